The van der Waals surface area contributed by atoms with Crippen LogP contribution in [0.3, 0.4) is 0 Å². The molecule has 2 aromatic rings. The number of sulfonamides is 1. The summed E-state index contributed by atoms with van der Waals surface area (Å²) in [6, 6.07) is 10.5. The quantitative estimate of drug-likeness (QED) is 0.850. The summed E-state index contributed by atoms with van der Waals surface area (Å²) < 4.78 is 32.2. The Balaban J connectivity index is 2.16. The number of rotatable bonds is 2. The van der Waals surface area contributed by atoms with Gasteiger partial charge in [0.25, 0.3) is 0 Å². The van der Waals surface area contributed by atoms with Gasteiger partial charge in [-0.2, -0.15) is 4.31 Å². The first kappa shape index (κ1) is 13.4. The van der Waals surface area contributed by atoms with E-state index >= 15 is 0 Å². The van der Waals surface area contributed by atoms with E-state index in [4.69, 9.17) is 10.5 Å². The third-order valence-corrected chi connectivity index (χ3v) is 5.46. The second-order valence-corrected chi connectivity index (χ2v) is 6.62. The summed E-state index contributed by atoms with van der Waals surface area (Å²) in [4.78, 5) is 0.309. The summed E-state index contributed by atoms with van der Waals surface area (Å²) in [5.74, 6) is 0. The van der Waals surface area contributed by atoms with Crippen molar-refractivity contribution in [1.82, 2.24) is 4.31 Å². The molecule has 106 valence electrons. The molecule has 0 radical (unpaired) electrons. The molecule has 0 atom stereocenters. The third-order valence-electron chi connectivity index (χ3n) is 3.51. The predicted molar refractivity (Wildman–Crippen MR) is 77.9 cm³/mol. The van der Waals surface area contributed by atoms with Crippen LogP contribution in [0.4, 0.5) is 5.69 Å². The topological polar surface area (TPSA) is 72.6 Å². The molecule has 0 aromatic heterocycles. The minimum Gasteiger partial charge on any atom is -0.398 e. The first-order valence-corrected chi connectivity index (χ1v) is 7.90. The van der Waals surface area contributed by atoms with Gasteiger partial charge in [0.15, 0.2) is 0 Å². The van der Waals surface area contributed by atoms with Crippen molar-refractivity contribution >= 4 is 26.5 Å². The normalized spacial score (nSPS) is 17.4. The highest BCUT2D eigenvalue weighted by atomic mass is 32.2. The lowest BCUT2D eigenvalue weighted by molar-refractivity contribution is 0.0730. The van der Waals surface area contributed by atoms with Crippen LogP contribution in [0, 0.1) is 0 Å². The molecular weight excluding hydrogens is 276 g/mol. The van der Waals surface area contributed by atoms with Crippen LogP contribution in [-0.2, 0) is 14.8 Å². The van der Waals surface area contributed by atoms with E-state index < -0.39 is 10.0 Å². The van der Waals surface area contributed by atoms with E-state index in [2.05, 4.69) is 0 Å². The second-order valence-electron chi connectivity index (χ2n) is 4.71. The van der Waals surface area contributed by atoms with Gasteiger partial charge in [0.1, 0.15) is 0 Å². The van der Waals surface area contributed by atoms with E-state index in [1.54, 1.807) is 18.2 Å². The molecule has 5 nitrogen and oxygen atoms in total. The molecular formula is C14H16N2O3S. The fraction of sp³-hybridized carbons (Fsp3) is 0.286. The van der Waals surface area contributed by atoms with Gasteiger partial charge in [-0.15, -0.1) is 0 Å². The van der Waals surface area contributed by atoms with Gasteiger partial charge in [0, 0.05) is 29.5 Å². The van der Waals surface area contributed by atoms with Crippen LogP contribution in [0.2, 0.25) is 0 Å². The van der Waals surface area contributed by atoms with Crippen LogP contribution >= 0.6 is 0 Å². The monoisotopic (exact) mass is 292 g/mol. The zero-order valence-corrected chi connectivity index (χ0v) is 11.8. The minimum atomic E-state index is -3.51. The largest absolute Gasteiger partial charge is 0.398 e. The lowest BCUT2D eigenvalue weighted by atomic mass is 10.1. The van der Waals surface area contributed by atoms with Crippen molar-refractivity contribution in [2.75, 3.05) is 32.0 Å². The number of anilines is 1. The Morgan fingerprint density at radius 2 is 1.65 bits per heavy atom. The number of ether oxygens (including phenoxy) is 1. The van der Waals surface area contributed by atoms with Crippen molar-refractivity contribution in [2.45, 2.75) is 4.90 Å². The Hall–Kier alpha value is -1.63. The molecule has 2 aromatic carbocycles. The van der Waals surface area contributed by atoms with E-state index in [1.165, 1.54) is 4.31 Å². The van der Waals surface area contributed by atoms with Crippen LogP contribution < -0.4 is 5.73 Å². The Labute approximate surface area is 118 Å². The van der Waals surface area contributed by atoms with E-state index in [1.807, 2.05) is 18.2 Å². The number of fused-ring (bicyclic) bond motifs is 1. The summed E-state index contributed by atoms with van der Waals surface area (Å²) in [6.07, 6.45) is 0. The molecule has 1 saturated heterocycles. The fourth-order valence-electron chi connectivity index (χ4n) is 2.45. The van der Waals surface area contributed by atoms with Gasteiger partial charge in [-0.1, -0.05) is 24.3 Å². The fourth-order valence-corrected chi connectivity index (χ4v) is 4.05. The summed E-state index contributed by atoms with van der Waals surface area (Å²) in [5, 5.41) is 1.43. The highest BCUT2D eigenvalue weighted by molar-refractivity contribution is 7.89. The predicted octanol–water partition coefficient (Wildman–Crippen LogP) is 1.44. The molecule has 0 aliphatic carbocycles. The van der Waals surface area contributed by atoms with Crippen LogP contribution in [0.1, 0.15) is 0 Å². The first-order valence-electron chi connectivity index (χ1n) is 6.46. The number of nitrogens with zero attached hydrogens (tertiary/aromatic N) is 1. The number of nitrogens with two attached hydrogens (primary N) is 1. The lowest BCUT2D eigenvalue weighted by Gasteiger charge is -2.26. The second kappa shape index (κ2) is 5.05. The molecule has 3 rings (SSSR count). The van der Waals surface area contributed by atoms with Crippen molar-refractivity contribution in [3.05, 3.63) is 36.4 Å². The van der Waals surface area contributed by atoms with Gasteiger partial charge in [0.05, 0.1) is 18.1 Å². The van der Waals surface area contributed by atoms with Gasteiger partial charge >= 0.3 is 0 Å². The van der Waals surface area contributed by atoms with Gasteiger partial charge in [0.2, 0.25) is 10.0 Å². The molecule has 0 bridgehead atoms. The maximum absolute atomic E-state index is 12.7. The molecule has 6 heteroatoms. The number of benzene rings is 2. The van der Waals surface area contributed by atoms with E-state index in [9.17, 15) is 8.42 Å². The first-order chi connectivity index (χ1) is 9.60. The average molecular weight is 292 g/mol. The zero-order valence-electron chi connectivity index (χ0n) is 11.0. The standard InChI is InChI=1S/C14H16N2O3S/c15-13-5-6-14(12-4-2-1-3-11(12)13)20(17,18)16-7-9-19-10-8-16/h1-6H,7-10,15H2. The summed E-state index contributed by atoms with van der Waals surface area (Å²) in [5.41, 5.74) is 6.50. The lowest BCUT2D eigenvalue weighted by Crippen LogP contribution is -2.40. The van der Waals surface area contributed by atoms with E-state index in [0.717, 1.165) is 5.39 Å². The molecule has 1 heterocycles. The molecule has 0 amide bonds. The van der Waals surface area contributed by atoms with E-state index in [0.29, 0.717) is 42.3 Å². The molecule has 1 fully saturated rings. The SMILES string of the molecule is Nc1ccc(S(=O)(=O)N2CCOCC2)c2ccccc12. The van der Waals surface area contributed by atoms with Gasteiger partial charge in [-0.3, -0.25) is 0 Å². The van der Waals surface area contributed by atoms with Crippen LogP contribution in [0.15, 0.2) is 41.3 Å². The van der Waals surface area contributed by atoms with Crippen LogP contribution in [0.25, 0.3) is 10.8 Å². The number of nitrogen functional groups attached to an aromatic ring is 1. The molecule has 0 spiro atoms. The number of hydrogen-bond acceptors (Lipinski definition) is 4. The minimum absolute atomic E-state index is 0.309. The van der Waals surface area contributed by atoms with Crippen molar-refractivity contribution in [1.29, 1.82) is 0 Å². The molecule has 1 aliphatic rings. The van der Waals surface area contributed by atoms with E-state index in [-0.39, 0.29) is 0 Å². The van der Waals surface area contributed by atoms with Gasteiger partial charge < -0.3 is 10.5 Å². The van der Waals surface area contributed by atoms with Crippen molar-refractivity contribution in [2.24, 2.45) is 0 Å². The Morgan fingerprint density at radius 3 is 2.35 bits per heavy atom. The smallest absolute Gasteiger partial charge is 0.243 e. The highest BCUT2D eigenvalue weighted by Crippen LogP contribution is 2.29. The Bertz CT molecular complexity index is 737. The molecule has 2 N–H and O–H groups in total. The van der Waals surface area contributed by atoms with Gasteiger partial charge in [-0.25, -0.2) is 8.42 Å². The summed E-state index contributed by atoms with van der Waals surface area (Å²) >= 11 is 0. The molecule has 20 heavy (non-hydrogen) atoms. The number of morpholine rings is 1. The Kier molecular flexibility index (Phi) is 3.37. The van der Waals surface area contributed by atoms with Crippen LogP contribution in [-0.4, -0.2) is 39.0 Å². The number of hydrogen-bond donors (Lipinski definition) is 1. The van der Waals surface area contributed by atoms with Crippen molar-refractivity contribution in [3.63, 3.8) is 0 Å². The van der Waals surface area contributed by atoms with Crippen molar-refractivity contribution in [3.8, 4) is 0 Å². The highest BCUT2D eigenvalue weighted by Gasteiger charge is 2.27. The van der Waals surface area contributed by atoms with Gasteiger partial charge in [-0.05, 0) is 12.1 Å². The third kappa shape index (κ3) is 2.15. The molecule has 1 aliphatic heterocycles. The maximum Gasteiger partial charge on any atom is 0.243 e. The Morgan fingerprint density at radius 1 is 1.00 bits per heavy atom. The van der Waals surface area contributed by atoms with Crippen LogP contribution in [0.5, 0.6) is 0 Å². The summed E-state index contributed by atoms with van der Waals surface area (Å²) in [7, 11) is -3.51. The molecule has 0 unspecified atom stereocenters. The van der Waals surface area contributed by atoms with Crippen molar-refractivity contribution < 1.29 is 13.2 Å². The zero-order chi connectivity index (χ0) is 14.2. The maximum atomic E-state index is 12.7. The summed E-state index contributed by atoms with van der Waals surface area (Å²) in [6.45, 7) is 1.65. The average Bonchev–Trinajstić information content (AvgIpc) is 2.48. The molecule has 0 saturated carbocycles.